The van der Waals surface area contributed by atoms with Gasteiger partial charge in [-0.05, 0) is 52.0 Å². The molecule has 0 aliphatic heterocycles. The molecule has 0 radical (unpaired) electrons. The van der Waals surface area contributed by atoms with Gasteiger partial charge < -0.3 is 9.29 Å². The summed E-state index contributed by atoms with van der Waals surface area (Å²) in [4.78, 5) is 19.9. The van der Waals surface area contributed by atoms with Crippen LogP contribution in [0.4, 0.5) is 0 Å². The summed E-state index contributed by atoms with van der Waals surface area (Å²) in [5.41, 5.74) is 2.82. The number of pyridine rings is 1. The Kier molecular flexibility index (Phi) is 7.57. The second-order valence-electron chi connectivity index (χ2n) is 10.2. The van der Waals surface area contributed by atoms with E-state index in [0.717, 1.165) is 32.8 Å². The molecule has 0 unspecified atom stereocenters. The summed E-state index contributed by atoms with van der Waals surface area (Å²) in [5.74, 6) is 1.80. The van der Waals surface area contributed by atoms with Gasteiger partial charge in [0.2, 0.25) is 0 Å². The number of nitrogens with zero attached hydrogens (tertiary/aromatic N) is 4. The normalized spacial score (nSPS) is 11.9. The lowest BCUT2D eigenvalue weighted by Crippen LogP contribution is -2.45. The topological polar surface area (TPSA) is 81.0 Å². The summed E-state index contributed by atoms with van der Waals surface area (Å²) in [7, 11) is 0. The standard InChI is InChI=1S/C32H30N4O2S/c1-31(2,37)32(3,4)38-39-26-18-15-22(16-19-26)27-20-17-25(21-33-27)30-35-28(23-11-7-5-8-12-23)34-29(36-30)24-13-9-6-10-14-24/h5-21,37H,1-4H3. The van der Waals surface area contributed by atoms with Gasteiger partial charge >= 0.3 is 0 Å². The smallest absolute Gasteiger partial charge is 0.165 e. The van der Waals surface area contributed by atoms with Gasteiger partial charge in [-0.15, -0.1) is 0 Å². The minimum Gasteiger partial charge on any atom is -0.387 e. The predicted octanol–water partition coefficient (Wildman–Crippen LogP) is 7.51. The van der Waals surface area contributed by atoms with E-state index in [4.69, 9.17) is 24.1 Å². The molecule has 0 fully saturated rings. The Morgan fingerprint density at radius 3 is 1.54 bits per heavy atom. The van der Waals surface area contributed by atoms with E-state index in [-0.39, 0.29) is 0 Å². The molecule has 0 spiro atoms. The maximum atomic E-state index is 10.3. The van der Waals surface area contributed by atoms with Gasteiger partial charge in [0.05, 0.1) is 11.3 Å². The van der Waals surface area contributed by atoms with Crippen molar-refractivity contribution in [3.8, 4) is 45.4 Å². The van der Waals surface area contributed by atoms with Crippen LogP contribution in [-0.2, 0) is 4.18 Å². The van der Waals surface area contributed by atoms with Crippen LogP contribution < -0.4 is 0 Å². The Bertz CT molecular complexity index is 1480. The average molecular weight is 535 g/mol. The summed E-state index contributed by atoms with van der Waals surface area (Å²) < 4.78 is 5.91. The molecule has 39 heavy (non-hydrogen) atoms. The summed E-state index contributed by atoms with van der Waals surface area (Å²) in [6.07, 6.45) is 1.80. The third kappa shape index (κ3) is 6.23. The van der Waals surface area contributed by atoms with Crippen LogP contribution in [0, 0.1) is 0 Å². The van der Waals surface area contributed by atoms with Gasteiger partial charge in [-0.25, -0.2) is 15.0 Å². The minimum absolute atomic E-state index is 0.570. The molecule has 6 nitrogen and oxygen atoms in total. The molecule has 0 saturated heterocycles. The maximum absolute atomic E-state index is 10.3. The van der Waals surface area contributed by atoms with Gasteiger partial charge in [0.15, 0.2) is 17.5 Å². The van der Waals surface area contributed by atoms with Crippen molar-refractivity contribution < 1.29 is 9.29 Å². The Morgan fingerprint density at radius 2 is 1.08 bits per heavy atom. The zero-order valence-corrected chi connectivity index (χ0v) is 23.2. The number of hydrogen-bond acceptors (Lipinski definition) is 7. The molecule has 2 aromatic heterocycles. The molecule has 0 bridgehead atoms. The molecule has 7 heteroatoms. The lowest BCUT2D eigenvalue weighted by Gasteiger charge is -2.35. The van der Waals surface area contributed by atoms with Crippen LogP contribution in [-0.4, -0.2) is 36.2 Å². The van der Waals surface area contributed by atoms with E-state index in [0.29, 0.717) is 17.5 Å². The van der Waals surface area contributed by atoms with Crippen molar-refractivity contribution in [3.05, 3.63) is 103 Å². The summed E-state index contributed by atoms with van der Waals surface area (Å²) in [5, 5.41) is 10.3. The third-order valence-corrected chi connectivity index (χ3v) is 7.66. The highest BCUT2D eigenvalue weighted by Gasteiger charge is 2.36. The van der Waals surface area contributed by atoms with E-state index in [9.17, 15) is 5.11 Å². The molecule has 5 aromatic rings. The van der Waals surface area contributed by atoms with Crippen LogP contribution in [0.3, 0.4) is 0 Å². The fourth-order valence-electron chi connectivity index (χ4n) is 3.57. The molecule has 196 valence electrons. The molecule has 0 aliphatic rings. The first-order chi connectivity index (χ1) is 18.7. The van der Waals surface area contributed by atoms with Crippen molar-refractivity contribution in [3.63, 3.8) is 0 Å². The van der Waals surface area contributed by atoms with Gasteiger partial charge in [-0.3, -0.25) is 4.98 Å². The first-order valence-corrected chi connectivity index (χ1v) is 13.5. The zero-order chi connectivity index (χ0) is 27.5. The van der Waals surface area contributed by atoms with E-state index in [2.05, 4.69) is 0 Å². The molecule has 0 aliphatic carbocycles. The Labute approximate surface area is 233 Å². The quantitative estimate of drug-likeness (QED) is 0.206. The first-order valence-electron chi connectivity index (χ1n) is 12.7. The van der Waals surface area contributed by atoms with Crippen LogP contribution in [0.15, 0.2) is 108 Å². The number of rotatable bonds is 8. The van der Waals surface area contributed by atoms with Gasteiger partial charge in [0.1, 0.15) is 5.60 Å². The van der Waals surface area contributed by atoms with Crippen LogP contribution in [0.1, 0.15) is 27.7 Å². The van der Waals surface area contributed by atoms with Gasteiger partial charge in [0.25, 0.3) is 0 Å². The third-order valence-electron chi connectivity index (χ3n) is 6.69. The molecule has 3 aromatic carbocycles. The van der Waals surface area contributed by atoms with Crippen molar-refractivity contribution >= 4 is 12.0 Å². The second-order valence-corrected chi connectivity index (χ2v) is 11.0. The Balaban J connectivity index is 1.39. The molecule has 1 N–H and O–H groups in total. The number of aromatic nitrogens is 4. The van der Waals surface area contributed by atoms with Crippen molar-refractivity contribution in [1.29, 1.82) is 0 Å². The van der Waals surface area contributed by atoms with Crippen molar-refractivity contribution in [2.45, 2.75) is 43.8 Å². The summed E-state index contributed by atoms with van der Waals surface area (Å²) >= 11 is 1.25. The molecule has 0 atom stereocenters. The predicted molar refractivity (Wildman–Crippen MR) is 157 cm³/mol. The molecular formula is C32H30N4O2S. The molecule has 0 amide bonds. The fraction of sp³-hybridized carbons (Fsp3) is 0.188. The van der Waals surface area contributed by atoms with Crippen LogP contribution in [0.5, 0.6) is 0 Å². The number of hydrogen-bond donors (Lipinski definition) is 1. The molecule has 0 saturated carbocycles. The second kappa shape index (κ2) is 11.1. The Morgan fingerprint density at radius 1 is 0.590 bits per heavy atom. The monoisotopic (exact) mass is 534 g/mol. The SMILES string of the molecule is CC(C)(O)C(C)(C)OSc1ccc(-c2ccc(-c3nc(-c4ccccc4)nc(-c4ccccc4)n3)cn2)cc1. The van der Waals surface area contributed by atoms with Gasteiger partial charge in [0, 0.05) is 45.4 Å². The highest BCUT2D eigenvalue weighted by Crippen LogP contribution is 2.34. The molecule has 5 rings (SSSR count). The van der Waals surface area contributed by atoms with Crippen molar-refractivity contribution in [1.82, 2.24) is 19.9 Å². The first kappa shape index (κ1) is 26.7. The van der Waals surface area contributed by atoms with Crippen molar-refractivity contribution in [2.24, 2.45) is 0 Å². The van der Waals surface area contributed by atoms with Gasteiger partial charge in [-0.1, -0.05) is 72.8 Å². The highest BCUT2D eigenvalue weighted by molar-refractivity contribution is 7.94. The lowest BCUT2D eigenvalue weighted by molar-refractivity contribution is -0.0813. The number of aliphatic hydroxyl groups is 1. The molecular weight excluding hydrogens is 504 g/mol. The van der Waals surface area contributed by atoms with Crippen LogP contribution in [0.2, 0.25) is 0 Å². The summed E-state index contributed by atoms with van der Waals surface area (Å²) in [6.45, 7) is 7.23. The van der Waals surface area contributed by atoms with Crippen LogP contribution >= 0.6 is 12.0 Å². The van der Waals surface area contributed by atoms with E-state index in [1.807, 2.05) is 111 Å². The fourth-order valence-corrected chi connectivity index (χ4v) is 4.33. The summed E-state index contributed by atoms with van der Waals surface area (Å²) in [6, 6.07) is 31.8. The molecule has 2 heterocycles. The average Bonchev–Trinajstić information content (AvgIpc) is 2.97. The van der Waals surface area contributed by atoms with Crippen molar-refractivity contribution in [2.75, 3.05) is 0 Å². The lowest BCUT2D eigenvalue weighted by atomic mass is 9.90. The number of benzene rings is 3. The van der Waals surface area contributed by atoms with E-state index >= 15 is 0 Å². The van der Waals surface area contributed by atoms with E-state index < -0.39 is 11.2 Å². The Hall–Kier alpha value is -3.91. The van der Waals surface area contributed by atoms with Gasteiger partial charge in [-0.2, -0.15) is 0 Å². The van der Waals surface area contributed by atoms with Crippen LogP contribution in [0.25, 0.3) is 45.4 Å². The maximum Gasteiger partial charge on any atom is 0.165 e. The largest absolute Gasteiger partial charge is 0.387 e. The van der Waals surface area contributed by atoms with E-state index in [1.54, 1.807) is 20.0 Å². The minimum atomic E-state index is -0.964. The highest BCUT2D eigenvalue weighted by atomic mass is 32.2. The van der Waals surface area contributed by atoms with E-state index in [1.165, 1.54) is 12.0 Å². The zero-order valence-electron chi connectivity index (χ0n) is 22.4.